The molecule has 0 bridgehead atoms. The summed E-state index contributed by atoms with van der Waals surface area (Å²) in [5, 5.41) is 111. The summed E-state index contributed by atoms with van der Waals surface area (Å²) in [6.45, 7) is -1.99. The molecule has 2 fully saturated rings. The van der Waals surface area contributed by atoms with Crippen LogP contribution >= 0.6 is 0 Å². The molecule has 5 rings (SSSR count). The van der Waals surface area contributed by atoms with Crippen molar-refractivity contribution in [1.82, 2.24) is 0 Å². The molecule has 0 radical (unpaired) electrons. The molecular formula is C28H32O17. The van der Waals surface area contributed by atoms with Gasteiger partial charge in [-0.15, -0.1) is 0 Å². The highest BCUT2D eigenvalue weighted by Gasteiger charge is 2.47. The lowest BCUT2D eigenvalue weighted by Crippen LogP contribution is -2.62. The summed E-state index contributed by atoms with van der Waals surface area (Å²) in [6.07, 6.45) is -16.2. The Hall–Kier alpha value is -3.75. The highest BCUT2D eigenvalue weighted by atomic mass is 16.7. The number of phenolic OH excluding ortho intramolecular Hbond substituents is 4. The Bertz CT molecular complexity index is 1570. The van der Waals surface area contributed by atoms with Gasteiger partial charge in [0.15, 0.2) is 23.5 Å². The van der Waals surface area contributed by atoms with Crippen molar-refractivity contribution >= 4 is 11.0 Å². The molecule has 2 aliphatic heterocycles. The minimum Gasteiger partial charge on any atom is -0.508 e. The van der Waals surface area contributed by atoms with Crippen molar-refractivity contribution in [2.24, 2.45) is 0 Å². The van der Waals surface area contributed by atoms with Gasteiger partial charge in [-0.3, -0.25) is 4.79 Å². The summed E-state index contributed by atoms with van der Waals surface area (Å²) in [5.41, 5.74) is -1.18. The number of benzene rings is 2. The maximum atomic E-state index is 13.5. The van der Waals surface area contributed by atoms with Gasteiger partial charge >= 0.3 is 0 Å². The second-order valence-corrected chi connectivity index (χ2v) is 10.7. The van der Waals surface area contributed by atoms with Gasteiger partial charge in [-0.2, -0.15) is 0 Å². The maximum Gasteiger partial charge on any atom is 0.239 e. The summed E-state index contributed by atoms with van der Waals surface area (Å²) in [6, 6.07) is 5.36. The smallest absolute Gasteiger partial charge is 0.239 e. The predicted octanol–water partition coefficient (Wildman–Crippen LogP) is -2.67. The van der Waals surface area contributed by atoms with E-state index in [1.165, 1.54) is 6.07 Å². The fourth-order valence-corrected chi connectivity index (χ4v) is 5.12. The number of aliphatic hydroxyl groups excluding tert-OH is 7. The largest absolute Gasteiger partial charge is 0.508 e. The molecule has 3 heterocycles. The minimum atomic E-state index is -1.83. The minimum absolute atomic E-state index is 0.0218. The molecule has 0 saturated carbocycles. The van der Waals surface area contributed by atoms with Crippen LogP contribution in [0.5, 0.6) is 28.7 Å². The van der Waals surface area contributed by atoms with Crippen molar-refractivity contribution in [2.45, 2.75) is 61.2 Å². The Balaban J connectivity index is 1.40. The van der Waals surface area contributed by atoms with Crippen molar-refractivity contribution in [3.8, 4) is 40.1 Å². The Labute approximate surface area is 252 Å². The summed E-state index contributed by atoms with van der Waals surface area (Å²) >= 11 is 0. The molecule has 2 aliphatic rings. The van der Waals surface area contributed by atoms with Crippen LogP contribution in [0.4, 0.5) is 0 Å². The fourth-order valence-electron chi connectivity index (χ4n) is 5.12. The first-order valence-corrected chi connectivity index (χ1v) is 13.6. The van der Waals surface area contributed by atoms with E-state index in [9.17, 15) is 61.0 Å². The molecular weight excluding hydrogens is 608 g/mol. The van der Waals surface area contributed by atoms with Crippen molar-refractivity contribution in [3.63, 3.8) is 0 Å². The van der Waals surface area contributed by atoms with E-state index in [2.05, 4.69) is 0 Å². The zero-order valence-electron chi connectivity index (χ0n) is 23.2. The number of aromatic hydroxyl groups is 4. The van der Waals surface area contributed by atoms with Crippen LogP contribution in [0.2, 0.25) is 0 Å². The van der Waals surface area contributed by atoms with Crippen LogP contribution in [-0.2, 0) is 14.2 Å². The number of phenols is 4. The second-order valence-electron chi connectivity index (χ2n) is 10.7. The number of aliphatic hydroxyl groups is 7. The van der Waals surface area contributed by atoms with E-state index >= 15 is 0 Å². The number of ether oxygens (including phenoxy) is 4. The van der Waals surface area contributed by atoms with E-state index in [1.54, 1.807) is 0 Å². The van der Waals surface area contributed by atoms with Gasteiger partial charge in [0.2, 0.25) is 11.2 Å². The number of rotatable bonds is 8. The lowest BCUT2D eigenvalue weighted by molar-refractivity contribution is -0.314. The topological polar surface area (TPSA) is 290 Å². The first kappa shape index (κ1) is 32.6. The van der Waals surface area contributed by atoms with Gasteiger partial charge in [0, 0.05) is 17.7 Å². The zero-order chi connectivity index (χ0) is 32.7. The molecule has 1 aromatic heterocycles. The third-order valence-corrected chi connectivity index (χ3v) is 7.63. The van der Waals surface area contributed by atoms with Gasteiger partial charge in [0.25, 0.3) is 0 Å². The van der Waals surface area contributed by atoms with E-state index in [1.807, 2.05) is 0 Å². The Morgan fingerprint density at radius 3 is 2.00 bits per heavy atom. The fraction of sp³-hybridized carbons (Fsp3) is 0.464. The van der Waals surface area contributed by atoms with E-state index in [4.69, 9.17) is 23.4 Å². The van der Waals surface area contributed by atoms with E-state index in [0.717, 1.165) is 24.3 Å². The van der Waals surface area contributed by atoms with Gasteiger partial charge in [-0.25, -0.2) is 0 Å². The van der Waals surface area contributed by atoms with E-state index in [0.29, 0.717) is 0 Å². The quantitative estimate of drug-likeness (QED) is 0.112. The molecule has 11 N–H and O–H groups in total. The molecule has 0 unspecified atom stereocenters. The van der Waals surface area contributed by atoms with Crippen LogP contribution in [0.25, 0.3) is 22.3 Å². The number of fused-ring (bicyclic) bond motifs is 1. The number of hydrogen-bond acceptors (Lipinski definition) is 17. The molecule has 3 aromatic rings. The highest BCUT2D eigenvalue weighted by molar-refractivity contribution is 5.88. The van der Waals surface area contributed by atoms with Crippen LogP contribution < -0.4 is 10.2 Å². The van der Waals surface area contributed by atoms with Gasteiger partial charge in [0.05, 0.1) is 13.2 Å². The van der Waals surface area contributed by atoms with Gasteiger partial charge in [-0.1, -0.05) is 0 Å². The Morgan fingerprint density at radius 1 is 0.689 bits per heavy atom. The molecule has 17 heteroatoms. The third kappa shape index (κ3) is 6.23. The third-order valence-electron chi connectivity index (χ3n) is 7.63. The van der Waals surface area contributed by atoms with Crippen molar-refractivity contribution < 1.29 is 79.5 Å². The van der Waals surface area contributed by atoms with Crippen LogP contribution in [0.1, 0.15) is 0 Å². The summed E-state index contributed by atoms with van der Waals surface area (Å²) in [5.74, 6) is -3.02. The molecule has 2 saturated heterocycles. The zero-order valence-corrected chi connectivity index (χ0v) is 23.2. The SMILES string of the molecule is O=c1c(OC[C@@H]2O[C@H](CO[C@@H]3O[C@H](CO)[C@@H](O)[C@H](O)[C@H]3O)[C@@H](O)[C@H](O)[C@H]2O)c(-c2ccc(O)c(O)c2)oc2cc(O)cc(O)c12. The number of hydrogen-bond donors (Lipinski definition) is 11. The molecule has 0 aliphatic carbocycles. The molecule has 0 amide bonds. The first-order chi connectivity index (χ1) is 21.3. The molecule has 10 atom stereocenters. The average Bonchev–Trinajstić information content (AvgIpc) is 3.00. The van der Waals surface area contributed by atoms with Gasteiger partial charge in [0.1, 0.15) is 84.0 Å². The highest BCUT2D eigenvalue weighted by Crippen LogP contribution is 2.38. The van der Waals surface area contributed by atoms with E-state index in [-0.39, 0.29) is 22.3 Å². The molecule has 246 valence electrons. The standard InChI is InChI=1S/C28H32O17/c29-6-15-19(34)24(39)25(40)28(45-15)42-8-17-21(36)23(38)20(35)16(43-17)7-41-27-22(37)18-13(33)4-10(30)5-14(18)44-26(27)9-1-2-11(31)12(32)3-9/h1-5,15-17,19-21,23-25,28-36,38-40H,6-8H2/t15-,16+,17-,19-,20+,21-,23-,24+,25-,28-/m1/s1. The van der Waals surface area contributed by atoms with Crippen molar-refractivity contribution in [3.05, 3.63) is 40.6 Å². The normalized spacial score (nSPS) is 32.1. The molecule has 2 aromatic carbocycles. The van der Waals surface area contributed by atoms with Crippen LogP contribution in [-0.4, -0.2) is 137 Å². The van der Waals surface area contributed by atoms with Crippen molar-refractivity contribution in [1.29, 1.82) is 0 Å². The van der Waals surface area contributed by atoms with Crippen molar-refractivity contribution in [2.75, 3.05) is 19.8 Å². The first-order valence-electron chi connectivity index (χ1n) is 13.6. The monoisotopic (exact) mass is 640 g/mol. The van der Waals surface area contributed by atoms with Gasteiger partial charge < -0.3 is 79.5 Å². The van der Waals surface area contributed by atoms with Crippen LogP contribution in [0.15, 0.2) is 39.5 Å². The lowest BCUT2D eigenvalue weighted by Gasteiger charge is -2.42. The lowest BCUT2D eigenvalue weighted by atomic mass is 9.95. The molecule has 45 heavy (non-hydrogen) atoms. The van der Waals surface area contributed by atoms with Crippen LogP contribution in [0.3, 0.4) is 0 Å². The summed E-state index contributed by atoms with van der Waals surface area (Å²) < 4.78 is 27.8. The Kier molecular flexibility index (Phi) is 9.38. The summed E-state index contributed by atoms with van der Waals surface area (Å²) in [4.78, 5) is 13.5. The summed E-state index contributed by atoms with van der Waals surface area (Å²) in [7, 11) is 0. The molecule has 17 nitrogen and oxygen atoms in total. The second kappa shape index (κ2) is 12.9. The maximum absolute atomic E-state index is 13.5. The Morgan fingerprint density at radius 2 is 1.33 bits per heavy atom. The van der Waals surface area contributed by atoms with Crippen LogP contribution in [0, 0.1) is 0 Å². The average molecular weight is 641 g/mol. The molecule has 0 spiro atoms. The van der Waals surface area contributed by atoms with E-state index < -0.39 is 115 Å². The van der Waals surface area contributed by atoms with Gasteiger partial charge in [-0.05, 0) is 18.2 Å². The predicted molar refractivity (Wildman–Crippen MR) is 146 cm³/mol.